The normalized spacial score (nSPS) is 23.4. The summed E-state index contributed by atoms with van der Waals surface area (Å²) >= 11 is 1.95. The third-order valence-corrected chi connectivity index (χ3v) is 4.46. The molecule has 0 heterocycles. The van der Waals surface area contributed by atoms with Crippen LogP contribution in [0.15, 0.2) is 0 Å². The highest BCUT2D eigenvalue weighted by Crippen LogP contribution is 2.26. The van der Waals surface area contributed by atoms with Crippen molar-refractivity contribution in [2.45, 2.75) is 57.2 Å². The molecule has 0 amide bonds. The smallest absolute Gasteiger partial charge is 0.0141 e. The van der Waals surface area contributed by atoms with Gasteiger partial charge in [-0.15, -0.1) is 0 Å². The Morgan fingerprint density at radius 3 is 2.43 bits per heavy atom. The van der Waals surface area contributed by atoms with Gasteiger partial charge >= 0.3 is 0 Å². The summed E-state index contributed by atoms with van der Waals surface area (Å²) in [5.41, 5.74) is 0. The van der Waals surface area contributed by atoms with Crippen LogP contribution in [0.5, 0.6) is 0 Å². The van der Waals surface area contributed by atoms with Crippen LogP contribution in [0.3, 0.4) is 0 Å². The highest BCUT2D eigenvalue weighted by atomic mass is 32.2. The highest BCUT2D eigenvalue weighted by Gasteiger charge is 2.19. The zero-order valence-electron chi connectivity index (χ0n) is 9.88. The first-order chi connectivity index (χ1) is 6.74. The summed E-state index contributed by atoms with van der Waals surface area (Å²) < 4.78 is 0. The van der Waals surface area contributed by atoms with E-state index in [1.807, 2.05) is 11.8 Å². The summed E-state index contributed by atoms with van der Waals surface area (Å²) in [6, 6.07) is 0.727. The van der Waals surface area contributed by atoms with Gasteiger partial charge in [0.25, 0.3) is 0 Å². The van der Waals surface area contributed by atoms with Crippen LogP contribution in [-0.4, -0.2) is 24.1 Å². The zero-order valence-corrected chi connectivity index (χ0v) is 10.7. The van der Waals surface area contributed by atoms with Crippen LogP contribution in [0.25, 0.3) is 0 Å². The summed E-state index contributed by atoms with van der Waals surface area (Å²) in [6.45, 7) is 5.83. The van der Waals surface area contributed by atoms with Gasteiger partial charge in [-0.1, -0.05) is 26.2 Å². The Balaban J connectivity index is 2.16. The van der Waals surface area contributed by atoms with Gasteiger partial charge < -0.3 is 5.32 Å². The lowest BCUT2D eigenvalue weighted by Crippen LogP contribution is -2.37. The van der Waals surface area contributed by atoms with E-state index in [1.165, 1.54) is 38.6 Å². The monoisotopic (exact) mass is 215 g/mol. The Hall–Kier alpha value is 0.310. The number of thioether (sulfide) groups is 1. The molecule has 84 valence electrons. The minimum atomic E-state index is 0.727. The lowest BCUT2D eigenvalue weighted by Gasteiger charge is -2.29. The number of hydrogen-bond donors (Lipinski definition) is 1. The van der Waals surface area contributed by atoms with Crippen molar-refractivity contribution >= 4 is 11.8 Å². The second kappa shape index (κ2) is 6.73. The molecule has 0 spiro atoms. The van der Waals surface area contributed by atoms with E-state index in [9.17, 15) is 0 Å². The molecule has 1 aliphatic rings. The van der Waals surface area contributed by atoms with E-state index >= 15 is 0 Å². The molecule has 0 saturated heterocycles. The summed E-state index contributed by atoms with van der Waals surface area (Å²) in [5.74, 6) is 0.942. The summed E-state index contributed by atoms with van der Waals surface area (Å²) in [6.07, 6.45) is 9.45. The average Bonchev–Trinajstić information content (AvgIpc) is 2.26. The fraction of sp³-hybridized carbons (Fsp3) is 1.00. The van der Waals surface area contributed by atoms with E-state index in [1.54, 1.807) is 0 Å². The maximum absolute atomic E-state index is 3.68. The van der Waals surface area contributed by atoms with Gasteiger partial charge in [0.2, 0.25) is 0 Å². The molecule has 1 N–H and O–H groups in total. The van der Waals surface area contributed by atoms with Crippen LogP contribution in [0.1, 0.15) is 46.0 Å². The molecular formula is C12H25NS. The molecule has 2 atom stereocenters. The second-order valence-electron chi connectivity index (χ2n) is 4.64. The van der Waals surface area contributed by atoms with Crippen molar-refractivity contribution in [1.82, 2.24) is 5.32 Å². The number of rotatable bonds is 5. The predicted molar refractivity (Wildman–Crippen MR) is 67.0 cm³/mol. The fourth-order valence-corrected chi connectivity index (χ4v) is 2.50. The molecule has 0 bridgehead atoms. The Bertz CT molecular complexity index is 143. The molecule has 0 aliphatic heterocycles. The molecule has 1 fully saturated rings. The van der Waals surface area contributed by atoms with Gasteiger partial charge in [0, 0.05) is 17.8 Å². The predicted octanol–water partition coefficient (Wildman–Crippen LogP) is 3.30. The maximum atomic E-state index is 3.68. The van der Waals surface area contributed by atoms with Crippen molar-refractivity contribution in [3.63, 3.8) is 0 Å². The van der Waals surface area contributed by atoms with Crippen molar-refractivity contribution in [3.8, 4) is 0 Å². The standard InChI is InChI=1S/C12H25NS/c1-10(14-3)9-13-11(2)12-7-5-4-6-8-12/h10-13H,4-9H2,1-3H3. The van der Waals surface area contributed by atoms with Gasteiger partial charge in [0.05, 0.1) is 0 Å². The molecule has 0 aromatic carbocycles. The van der Waals surface area contributed by atoms with E-state index in [0.717, 1.165) is 17.2 Å². The Labute approximate surface area is 93.4 Å². The van der Waals surface area contributed by atoms with Crippen LogP contribution < -0.4 is 5.32 Å². The van der Waals surface area contributed by atoms with Crippen molar-refractivity contribution in [2.75, 3.05) is 12.8 Å². The number of nitrogens with one attached hydrogen (secondary N) is 1. The first kappa shape index (κ1) is 12.4. The molecule has 0 radical (unpaired) electrons. The molecule has 1 nitrogen and oxygen atoms in total. The van der Waals surface area contributed by atoms with Crippen molar-refractivity contribution < 1.29 is 0 Å². The zero-order chi connectivity index (χ0) is 10.4. The van der Waals surface area contributed by atoms with Crippen molar-refractivity contribution in [3.05, 3.63) is 0 Å². The average molecular weight is 215 g/mol. The van der Waals surface area contributed by atoms with Crippen LogP contribution in [0, 0.1) is 5.92 Å². The van der Waals surface area contributed by atoms with Crippen LogP contribution in [0.4, 0.5) is 0 Å². The lowest BCUT2D eigenvalue weighted by molar-refractivity contribution is 0.283. The second-order valence-corrected chi connectivity index (χ2v) is 5.92. The van der Waals surface area contributed by atoms with Crippen LogP contribution >= 0.6 is 11.8 Å². The van der Waals surface area contributed by atoms with Crippen molar-refractivity contribution in [1.29, 1.82) is 0 Å². The topological polar surface area (TPSA) is 12.0 Å². The van der Waals surface area contributed by atoms with Crippen LogP contribution in [-0.2, 0) is 0 Å². The molecule has 1 aliphatic carbocycles. The first-order valence-electron chi connectivity index (χ1n) is 6.00. The van der Waals surface area contributed by atoms with Gasteiger partial charge in [0.1, 0.15) is 0 Å². The van der Waals surface area contributed by atoms with Gasteiger partial charge in [-0.25, -0.2) is 0 Å². The minimum Gasteiger partial charge on any atom is -0.313 e. The first-order valence-corrected chi connectivity index (χ1v) is 7.29. The van der Waals surface area contributed by atoms with Gasteiger partial charge in [0.15, 0.2) is 0 Å². The Kier molecular flexibility index (Phi) is 5.95. The molecule has 0 aromatic rings. The van der Waals surface area contributed by atoms with Crippen LogP contribution in [0.2, 0.25) is 0 Å². The molecular weight excluding hydrogens is 190 g/mol. The van der Waals surface area contributed by atoms with E-state index in [-0.39, 0.29) is 0 Å². The van der Waals surface area contributed by atoms with E-state index in [0.29, 0.717) is 0 Å². The third kappa shape index (κ3) is 4.22. The fourth-order valence-electron chi connectivity index (χ4n) is 2.24. The largest absolute Gasteiger partial charge is 0.313 e. The summed E-state index contributed by atoms with van der Waals surface area (Å²) in [5, 5.41) is 4.43. The number of hydrogen-bond acceptors (Lipinski definition) is 2. The van der Waals surface area contributed by atoms with Crippen molar-refractivity contribution in [2.24, 2.45) is 5.92 Å². The van der Waals surface area contributed by atoms with Gasteiger partial charge in [-0.2, -0.15) is 11.8 Å². The van der Waals surface area contributed by atoms with Gasteiger partial charge in [-0.05, 0) is 31.9 Å². The Morgan fingerprint density at radius 1 is 1.21 bits per heavy atom. The quantitative estimate of drug-likeness (QED) is 0.755. The molecule has 0 aromatic heterocycles. The summed E-state index contributed by atoms with van der Waals surface area (Å²) in [7, 11) is 0. The molecule has 1 rings (SSSR count). The SMILES string of the molecule is CSC(C)CNC(C)C1CCCCC1. The molecule has 14 heavy (non-hydrogen) atoms. The van der Waals surface area contributed by atoms with E-state index in [2.05, 4.69) is 25.4 Å². The maximum Gasteiger partial charge on any atom is 0.0141 e. The van der Waals surface area contributed by atoms with Gasteiger partial charge in [-0.3, -0.25) is 0 Å². The lowest BCUT2D eigenvalue weighted by atomic mass is 9.84. The highest BCUT2D eigenvalue weighted by molar-refractivity contribution is 7.99. The van der Waals surface area contributed by atoms with E-state index in [4.69, 9.17) is 0 Å². The molecule has 1 saturated carbocycles. The Morgan fingerprint density at radius 2 is 1.86 bits per heavy atom. The molecule has 2 heteroatoms. The minimum absolute atomic E-state index is 0.727. The van der Waals surface area contributed by atoms with E-state index < -0.39 is 0 Å². The molecule has 2 unspecified atom stereocenters. The summed E-state index contributed by atoms with van der Waals surface area (Å²) in [4.78, 5) is 0. The third-order valence-electron chi connectivity index (χ3n) is 3.49.